The first-order valence-electron chi connectivity index (χ1n) is 23.8. The van der Waals surface area contributed by atoms with E-state index in [1.807, 2.05) is 41.7 Å². The van der Waals surface area contributed by atoms with E-state index in [-0.39, 0.29) is 25.5 Å². The van der Waals surface area contributed by atoms with Gasteiger partial charge >= 0.3 is 0 Å². The first-order valence-corrected chi connectivity index (χ1v) is 28.1. The van der Waals surface area contributed by atoms with Crippen LogP contribution in [0.25, 0.3) is 92.6 Å². The van der Waals surface area contributed by atoms with E-state index >= 15 is 0 Å². The number of para-hydroxylation sites is 3. The molecule has 1 saturated carbocycles. The molecule has 4 aromatic heterocycles. The zero-order valence-electron chi connectivity index (χ0n) is 39.6. The Hall–Kier alpha value is -5.95. The van der Waals surface area contributed by atoms with E-state index in [9.17, 15) is 0 Å². The molecule has 4 heterocycles. The van der Waals surface area contributed by atoms with Gasteiger partial charge in [0.2, 0.25) is 0 Å². The number of fused-ring (bicyclic) bond motifs is 7. The average molecular weight is 1100 g/mol. The molecule has 0 spiro atoms. The van der Waals surface area contributed by atoms with Gasteiger partial charge in [0.05, 0.1) is 30.5 Å². The second-order valence-corrected chi connectivity index (χ2v) is 26.5. The minimum Gasteiger partial charge on any atom is -0.501 e. The van der Waals surface area contributed by atoms with Crippen LogP contribution in [0.2, 0.25) is 19.6 Å². The number of nitrogens with zero attached hydrogens (tertiary/aromatic N) is 3. The smallest absolute Gasteiger partial charge is 0.120 e. The van der Waals surface area contributed by atoms with Gasteiger partial charge < -0.3 is 14.0 Å². The van der Waals surface area contributed by atoms with E-state index in [0.717, 1.165) is 67.2 Å². The fourth-order valence-corrected chi connectivity index (χ4v) is 12.8. The molecular formula is C61H55IrN3OSSi-2. The SMILES string of the molecule is CC(C)(C)c1ccc(-n2c(-c3[c-]ccc4c3oc3ccccc34)nc3ccccc32)c(-c2ccccc2)c1.C[Si](C)(C)c1cnc(-c2[c-]cc3sc4ccccc4c3c2)cc1CC1CCCC1.[Ir]. The number of rotatable bonds is 7. The third kappa shape index (κ3) is 8.71. The number of hydrogen-bond donors (Lipinski definition) is 0. The molecule has 0 unspecified atom stereocenters. The van der Waals surface area contributed by atoms with Crippen LogP contribution in [0.3, 0.4) is 0 Å². The molecule has 12 rings (SSSR count). The third-order valence-electron chi connectivity index (χ3n) is 13.7. The summed E-state index contributed by atoms with van der Waals surface area (Å²) in [5, 5.41) is 6.37. The second-order valence-electron chi connectivity index (χ2n) is 20.4. The Morgan fingerprint density at radius 2 is 1.47 bits per heavy atom. The third-order valence-corrected chi connectivity index (χ3v) is 16.9. The van der Waals surface area contributed by atoms with E-state index in [1.54, 1.807) is 5.56 Å². The Bertz CT molecular complexity index is 3600. The Balaban J connectivity index is 0.000000162. The number of pyridine rings is 1. The molecule has 7 heteroatoms. The summed E-state index contributed by atoms with van der Waals surface area (Å²) in [6.45, 7) is 14.1. The molecule has 7 aromatic carbocycles. The minimum atomic E-state index is -1.41. The van der Waals surface area contributed by atoms with Crippen LogP contribution in [0, 0.1) is 18.1 Å². The Labute approximate surface area is 418 Å². The number of furan rings is 1. The molecule has 0 atom stereocenters. The van der Waals surface area contributed by atoms with E-state index in [4.69, 9.17) is 14.4 Å². The van der Waals surface area contributed by atoms with Crippen molar-refractivity contribution in [2.24, 2.45) is 5.92 Å². The van der Waals surface area contributed by atoms with Crippen LogP contribution in [0.15, 0.2) is 162 Å². The first-order chi connectivity index (χ1) is 32.5. The standard InChI is InChI=1S/C35H27N2O.C26H28NSSi.Ir/c1-35(2,3)24-20-21-30(28(22-24)23-12-5-4-6-13-23)37-31-18-9-8-17-29(31)36-34(37)27-16-11-15-26-25-14-7-10-19-32(25)38-33(26)27;1-29(2,3)26-17-27-23(16-20(26)14-18-8-4-5-9-18)19-12-13-25-22(15-19)21-10-6-7-11-24(21)28-25;/h4-15,17-22H,1-3H3;6-7,10-11,13,15-18H,4-5,8-9,14H2,1-3H3;/q2*-1;. The summed E-state index contributed by atoms with van der Waals surface area (Å²) in [5.74, 6) is 1.67. The molecule has 4 nitrogen and oxygen atoms in total. The molecule has 1 fully saturated rings. The van der Waals surface area contributed by atoms with Crippen molar-refractivity contribution in [2.45, 2.75) is 77.9 Å². The van der Waals surface area contributed by atoms with Gasteiger partial charge in [-0.2, -0.15) is 11.3 Å². The largest absolute Gasteiger partial charge is 0.501 e. The Morgan fingerprint density at radius 3 is 2.26 bits per heavy atom. The predicted molar refractivity (Wildman–Crippen MR) is 287 cm³/mol. The summed E-state index contributed by atoms with van der Waals surface area (Å²) in [6, 6.07) is 60.5. The predicted octanol–water partition coefficient (Wildman–Crippen LogP) is 16.5. The maximum absolute atomic E-state index is 6.42. The number of thiophene rings is 1. The summed E-state index contributed by atoms with van der Waals surface area (Å²) in [6.07, 6.45) is 9.00. The van der Waals surface area contributed by atoms with Crippen LogP contribution in [-0.2, 0) is 31.9 Å². The van der Waals surface area contributed by atoms with Crippen LogP contribution in [0.4, 0.5) is 0 Å². The summed E-state index contributed by atoms with van der Waals surface area (Å²) in [7, 11) is -1.41. The van der Waals surface area contributed by atoms with Crippen molar-refractivity contribution in [3.63, 3.8) is 0 Å². The van der Waals surface area contributed by atoms with Gasteiger partial charge in [-0.3, -0.25) is 4.98 Å². The molecule has 341 valence electrons. The van der Waals surface area contributed by atoms with Gasteiger partial charge in [0.25, 0.3) is 0 Å². The zero-order valence-corrected chi connectivity index (χ0v) is 43.8. The second kappa shape index (κ2) is 18.5. The van der Waals surface area contributed by atoms with Gasteiger partial charge in [-0.25, -0.2) is 0 Å². The first kappa shape index (κ1) is 45.8. The number of hydrogen-bond acceptors (Lipinski definition) is 4. The van der Waals surface area contributed by atoms with Crippen LogP contribution in [0.1, 0.15) is 57.6 Å². The number of aromatic nitrogens is 3. The molecule has 0 saturated heterocycles. The summed E-state index contributed by atoms with van der Waals surface area (Å²) in [5.41, 5.74) is 13.0. The van der Waals surface area contributed by atoms with Gasteiger partial charge in [-0.15, -0.1) is 42.0 Å². The molecule has 1 radical (unpaired) electrons. The quantitative estimate of drug-likeness (QED) is 0.118. The minimum absolute atomic E-state index is 0. The molecular weight excluding hydrogens is 1040 g/mol. The summed E-state index contributed by atoms with van der Waals surface area (Å²) in [4.78, 5) is 10.1. The Morgan fingerprint density at radius 1 is 0.735 bits per heavy atom. The van der Waals surface area contributed by atoms with Crippen molar-refractivity contribution in [1.29, 1.82) is 0 Å². The van der Waals surface area contributed by atoms with Gasteiger partial charge in [0, 0.05) is 47.6 Å². The zero-order chi connectivity index (χ0) is 45.9. The van der Waals surface area contributed by atoms with Crippen LogP contribution < -0.4 is 5.19 Å². The summed E-state index contributed by atoms with van der Waals surface area (Å²) >= 11 is 1.85. The van der Waals surface area contributed by atoms with E-state index in [0.29, 0.717) is 0 Å². The van der Waals surface area contributed by atoms with Crippen molar-refractivity contribution in [3.05, 3.63) is 181 Å². The molecule has 0 amide bonds. The van der Waals surface area contributed by atoms with Crippen molar-refractivity contribution >= 4 is 77.7 Å². The van der Waals surface area contributed by atoms with Crippen LogP contribution in [-0.4, -0.2) is 22.6 Å². The maximum atomic E-state index is 6.42. The van der Waals surface area contributed by atoms with Gasteiger partial charge in [-0.1, -0.05) is 179 Å². The van der Waals surface area contributed by atoms with E-state index in [1.165, 1.54) is 74.2 Å². The van der Waals surface area contributed by atoms with Gasteiger partial charge in [0.1, 0.15) is 5.58 Å². The Kier molecular flexibility index (Phi) is 12.5. The molecule has 1 aliphatic carbocycles. The fraction of sp³-hybridized carbons (Fsp3) is 0.213. The fourth-order valence-electron chi connectivity index (χ4n) is 10.2. The van der Waals surface area contributed by atoms with Crippen LogP contribution in [0.5, 0.6) is 0 Å². The topological polar surface area (TPSA) is 43.9 Å². The molecule has 0 bridgehead atoms. The average Bonchev–Trinajstić information content (AvgIpc) is 4.15. The van der Waals surface area contributed by atoms with Crippen molar-refractivity contribution in [3.8, 4) is 39.5 Å². The molecule has 0 aliphatic heterocycles. The monoisotopic (exact) mass is 1100 g/mol. The van der Waals surface area contributed by atoms with Crippen molar-refractivity contribution < 1.29 is 24.5 Å². The van der Waals surface area contributed by atoms with E-state index < -0.39 is 8.07 Å². The molecule has 11 aromatic rings. The van der Waals surface area contributed by atoms with Gasteiger partial charge in [-0.05, 0) is 86.2 Å². The normalized spacial score (nSPS) is 13.4. The van der Waals surface area contributed by atoms with Crippen LogP contribution >= 0.6 is 11.3 Å². The number of imidazole rings is 1. The van der Waals surface area contributed by atoms with E-state index in [2.05, 4.69) is 185 Å². The molecule has 0 N–H and O–H groups in total. The molecule has 68 heavy (non-hydrogen) atoms. The maximum Gasteiger partial charge on any atom is 0.120 e. The van der Waals surface area contributed by atoms with Gasteiger partial charge in [0.15, 0.2) is 0 Å². The molecule has 1 aliphatic rings. The number of benzene rings is 7. The van der Waals surface area contributed by atoms with Crippen molar-refractivity contribution in [1.82, 2.24) is 14.5 Å². The van der Waals surface area contributed by atoms with Crippen molar-refractivity contribution in [2.75, 3.05) is 0 Å². The summed E-state index contributed by atoms with van der Waals surface area (Å²) < 4.78 is 11.3.